The predicted octanol–water partition coefficient (Wildman–Crippen LogP) is 3.22. The minimum atomic E-state index is -0.462. The van der Waals surface area contributed by atoms with Gasteiger partial charge in [0, 0.05) is 11.4 Å². The van der Waals surface area contributed by atoms with Crippen molar-refractivity contribution in [2.45, 2.75) is 25.9 Å². The molecule has 0 spiro atoms. The topological polar surface area (TPSA) is 27.7 Å². The van der Waals surface area contributed by atoms with Crippen LogP contribution in [0.15, 0.2) is 18.2 Å². The molecule has 5 heteroatoms. The van der Waals surface area contributed by atoms with Crippen LogP contribution in [0.4, 0.5) is 4.39 Å². The second-order valence-corrected chi connectivity index (χ2v) is 4.13. The summed E-state index contributed by atoms with van der Waals surface area (Å²) in [7, 11) is 0. The maximum atomic E-state index is 13.6. The zero-order valence-corrected chi connectivity index (χ0v) is 10.2. The highest BCUT2D eigenvalue weighted by Gasteiger charge is 2.28. The molecule has 1 saturated heterocycles. The number of ether oxygens (including phenoxy) is 3. The molecule has 1 heterocycles. The van der Waals surface area contributed by atoms with Gasteiger partial charge in [-0.05, 0) is 25.5 Å². The van der Waals surface area contributed by atoms with Crippen LogP contribution < -0.4 is 4.74 Å². The molecule has 0 saturated carbocycles. The van der Waals surface area contributed by atoms with Crippen molar-refractivity contribution >= 4 is 11.6 Å². The van der Waals surface area contributed by atoms with E-state index in [4.69, 9.17) is 25.8 Å². The van der Waals surface area contributed by atoms with Gasteiger partial charge in [0.05, 0.1) is 6.61 Å². The molecule has 1 aromatic rings. The van der Waals surface area contributed by atoms with Gasteiger partial charge in [-0.2, -0.15) is 0 Å². The van der Waals surface area contributed by atoms with Gasteiger partial charge in [0.1, 0.15) is 0 Å². The van der Waals surface area contributed by atoms with Gasteiger partial charge >= 0.3 is 0 Å². The van der Waals surface area contributed by atoms with Crippen LogP contribution in [0.3, 0.4) is 0 Å². The van der Waals surface area contributed by atoms with Crippen molar-refractivity contribution in [3.8, 4) is 5.75 Å². The van der Waals surface area contributed by atoms with Crippen LogP contribution in [-0.4, -0.2) is 18.8 Å². The molecule has 0 atom stereocenters. The van der Waals surface area contributed by atoms with Gasteiger partial charge in [-0.3, -0.25) is 0 Å². The number of rotatable bonds is 5. The smallest absolute Gasteiger partial charge is 0.189 e. The fourth-order valence-corrected chi connectivity index (χ4v) is 1.64. The second-order valence-electron chi connectivity index (χ2n) is 3.75. The van der Waals surface area contributed by atoms with Crippen molar-refractivity contribution in [1.82, 2.24) is 0 Å². The van der Waals surface area contributed by atoms with E-state index in [1.807, 2.05) is 0 Å². The first-order chi connectivity index (χ1) is 8.20. The molecule has 0 aromatic heterocycles. The molecule has 1 fully saturated rings. The van der Waals surface area contributed by atoms with Crippen molar-refractivity contribution in [3.63, 3.8) is 0 Å². The minimum Gasteiger partial charge on any atom is -0.490 e. The van der Waals surface area contributed by atoms with E-state index in [0.717, 1.165) is 0 Å². The van der Waals surface area contributed by atoms with Gasteiger partial charge in [0.2, 0.25) is 0 Å². The standard InChI is InChI=1S/C12H14ClFO3/c1-8-16-12(17-8)9-3-4-11(10(14)7-9)15-6-2-5-13/h3-4,7-8,12H,2,5-6H2,1H3. The second kappa shape index (κ2) is 5.67. The van der Waals surface area contributed by atoms with E-state index < -0.39 is 12.1 Å². The number of hydrogen-bond acceptors (Lipinski definition) is 3. The van der Waals surface area contributed by atoms with Gasteiger partial charge in [-0.15, -0.1) is 11.6 Å². The summed E-state index contributed by atoms with van der Waals surface area (Å²) in [5, 5.41) is 0. The minimum absolute atomic E-state index is 0.220. The Kier molecular flexibility index (Phi) is 4.20. The van der Waals surface area contributed by atoms with Crippen LogP contribution in [0, 0.1) is 5.82 Å². The average Bonchev–Trinajstić information content (AvgIpc) is 2.27. The molecule has 1 aliphatic heterocycles. The third-order valence-electron chi connectivity index (χ3n) is 2.39. The summed E-state index contributed by atoms with van der Waals surface area (Å²) in [5.74, 6) is 0.316. The fourth-order valence-electron chi connectivity index (χ4n) is 1.53. The highest BCUT2D eigenvalue weighted by Crippen LogP contribution is 2.33. The first-order valence-electron chi connectivity index (χ1n) is 5.50. The summed E-state index contributed by atoms with van der Waals surface area (Å²) < 4.78 is 29.4. The number of halogens is 2. The Morgan fingerprint density at radius 2 is 2.18 bits per heavy atom. The van der Waals surface area contributed by atoms with Gasteiger partial charge in [-0.25, -0.2) is 4.39 Å². The van der Waals surface area contributed by atoms with E-state index in [-0.39, 0.29) is 12.0 Å². The number of alkyl halides is 1. The van der Waals surface area contributed by atoms with E-state index in [1.165, 1.54) is 6.07 Å². The molecule has 3 nitrogen and oxygen atoms in total. The van der Waals surface area contributed by atoms with Crippen molar-refractivity contribution in [2.24, 2.45) is 0 Å². The lowest BCUT2D eigenvalue weighted by atomic mass is 10.2. The molecule has 1 aromatic carbocycles. The van der Waals surface area contributed by atoms with E-state index in [0.29, 0.717) is 24.5 Å². The Bertz CT molecular complexity index is 380. The first-order valence-corrected chi connectivity index (χ1v) is 6.03. The molecule has 1 aliphatic rings. The Hall–Kier alpha value is -0.840. The van der Waals surface area contributed by atoms with Crippen molar-refractivity contribution < 1.29 is 18.6 Å². The maximum absolute atomic E-state index is 13.6. The zero-order valence-electron chi connectivity index (χ0n) is 9.49. The number of hydrogen-bond donors (Lipinski definition) is 0. The van der Waals surface area contributed by atoms with Crippen molar-refractivity contribution in [1.29, 1.82) is 0 Å². The summed E-state index contributed by atoms with van der Waals surface area (Å²) in [6, 6.07) is 4.68. The molecule has 0 radical (unpaired) electrons. The summed E-state index contributed by atoms with van der Waals surface area (Å²) >= 11 is 5.51. The molecular weight excluding hydrogens is 247 g/mol. The molecule has 94 valence electrons. The van der Waals surface area contributed by atoms with Crippen molar-refractivity contribution in [3.05, 3.63) is 29.6 Å². The van der Waals surface area contributed by atoms with Crippen molar-refractivity contribution in [2.75, 3.05) is 12.5 Å². The quantitative estimate of drug-likeness (QED) is 0.601. The van der Waals surface area contributed by atoms with Crippen LogP contribution in [0.25, 0.3) is 0 Å². The van der Waals surface area contributed by atoms with Crippen LogP contribution in [0.5, 0.6) is 5.75 Å². The van der Waals surface area contributed by atoms with Gasteiger partial charge in [0.25, 0.3) is 0 Å². The predicted molar refractivity (Wildman–Crippen MR) is 61.6 cm³/mol. The van der Waals surface area contributed by atoms with E-state index in [9.17, 15) is 4.39 Å². The largest absolute Gasteiger partial charge is 0.490 e. The Labute approximate surface area is 104 Å². The highest BCUT2D eigenvalue weighted by molar-refractivity contribution is 6.17. The molecule has 2 rings (SSSR count). The van der Waals surface area contributed by atoms with Crippen LogP contribution in [-0.2, 0) is 9.47 Å². The van der Waals surface area contributed by atoms with Crippen LogP contribution >= 0.6 is 11.6 Å². The Morgan fingerprint density at radius 3 is 2.76 bits per heavy atom. The van der Waals surface area contributed by atoms with E-state index in [2.05, 4.69) is 0 Å². The highest BCUT2D eigenvalue weighted by atomic mass is 35.5. The molecule has 0 unspecified atom stereocenters. The zero-order chi connectivity index (χ0) is 12.3. The molecule has 0 N–H and O–H groups in total. The third-order valence-corrected chi connectivity index (χ3v) is 2.66. The fraction of sp³-hybridized carbons (Fsp3) is 0.500. The lowest BCUT2D eigenvalue weighted by Crippen LogP contribution is -2.31. The lowest BCUT2D eigenvalue weighted by Gasteiger charge is -2.33. The van der Waals surface area contributed by atoms with E-state index in [1.54, 1.807) is 19.1 Å². The third kappa shape index (κ3) is 3.09. The van der Waals surface area contributed by atoms with E-state index >= 15 is 0 Å². The monoisotopic (exact) mass is 260 g/mol. The van der Waals surface area contributed by atoms with Gasteiger partial charge in [0.15, 0.2) is 24.1 Å². The van der Waals surface area contributed by atoms with Gasteiger partial charge in [-0.1, -0.05) is 6.07 Å². The first kappa shape index (κ1) is 12.6. The number of benzene rings is 1. The molecule has 0 amide bonds. The summed E-state index contributed by atoms with van der Waals surface area (Å²) in [5.41, 5.74) is 0.658. The molecular formula is C12H14ClFO3. The molecule has 0 aliphatic carbocycles. The summed E-state index contributed by atoms with van der Waals surface area (Å²) in [6.45, 7) is 2.20. The SMILES string of the molecule is CC1OC(c2ccc(OCCCCl)c(F)c2)O1. The molecule has 0 bridgehead atoms. The van der Waals surface area contributed by atoms with Gasteiger partial charge < -0.3 is 14.2 Å². The Balaban J connectivity index is 1.96. The summed E-state index contributed by atoms with van der Waals surface area (Å²) in [6.07, 6.45) is 0.00820. The Morgan fingerprint density at radius 1 is 1.41 bits per heavy atom. The average molecular weight is 261 g/mol. The summed E-state index contributed by atoms with van der Waals surface area (Å²) in [4.78, 5) is 0. The molecule has 17 heavy (non-hydrogen) atoms. The van der Waals surface area contributed by atoms with Crippen LogP contribution in [0.2, 0.25) is 0 Å². The normalized spacial score (nSPS) is 23.2. The lowest BCUT2D eigenvalue weighted by molar-refractivity contribution is -0.382. The van der Waals surface area contributed by atoms with Crippen LogP contribution in [0.1, 0.15) is 25.2 Å². The maximum Gasteiger partial charge on any atom is 0.189 e.